The molecular formula is C24H30O3. The lowest BCUT2D eigenvalue weighted by Gasteiger charge is -2.36. The quantitative estimate of drug-likeness (QED) is 0.627. The summed E-state index contributed by atoms with van der Waals surface area (Å²) >= 11 is 0. The zero-order chi connectivity index (χ0) is 18.3. The van der Waals surface area contributed by atoms with Crippen molar-refractivity contribution in [1.82, 2.24) is 0 Å². The molecule has 3 nitrogen and oxygen atoms in total. The van der Waals surface area contributed by atoms with E-state index < -0.39 is 0 Å². The van der Waals surface area contributed by atoms with E-state index in [-0.39, 0.29) is 0 Å². The van der Waals surface area contributed by atoms with Crippen molar-refractivity contribution in [3.8, 4) is 0 Å². The van der Waals surface area contributed by atoms with Gasteiger partial charge in [-0.25, -0.2) is 0 Å². The first-order chi connectivity index (χ1) is 13.4. The largest absolute Gasteiger partial charge is 0.381 e. The zero-order valence-electron chi connectivity index (χ0n) is 16.0. The fourth-order valence-electron chi connectivity index (χ4n) is 4.05. The molecule has 0 aliphatic carbocycles. The van der Waals surface area contributed by atoms with Crippen LogP contribution >= 0.6 is 0 Å². The van der Waals surface area contributed by atoms with Gasteiger partial charge in [0.1, 0.15) is 0 Å². The van der Waals surface area contributed by atoms with Crippen molar-refractivity contribution in [3.05, 3.63) is 71.8 Å². The molecule has 0 spiro atoms. The molecule has 0 bridgehead atoms. The molecule has 27 heavy (non-hydrogen) atoms. The molecule has 2 fully saturated rings. The van der Waals surface area contributed by atoms with Crippen LogP contribution in [-0.2, 0) is 27.1 Å². The molecule has 2 aliphatic heterocycles. The van der Waals surface area contributed by atoms with Gasteiger partial charge >= 0.3 is 0 Å². The van der Waals surface area contributed by atoms with Crippen LogP contribution in [0.2, 0.25) is 0 Å². The summed E-state index contributed by atoms with van der Waals surface area (Å²) in [6, 6.07) is 21.4. The maximum absolute atomic E-state index is 6.26. The van der Waals surface area contributed by atoms with Gasteiger partial charge in [-0.15, -0.1) is 0 Å². The van der Waals surface area contributed by atoms with E-state index in [1.165, 1.54) is 11.1 Å². The average molecular weight is 367 g/mol. The molecule has 2 saturated heterocycles. The Morgan fingerprint density at radius 1 is 0.704 bits per heavy atom. The van der Waals surface area contributed by atoms with Crippen LogP contribution in [0.3, 0.4) is 0 Å². The third-order valence-electron chi connectivity index (χ3n) is 5.87. The number of benzene rings is 2. The van der Waals surface area contributed by atoms with Gasteiger partial charge < -0.3 is 14.2 Å². The molecule has 0 aromatic heterocycles. The monoisotopic (exact) mass is 366 g/mol. The summed E-state index contributed by atoms with van der Waals surface area (Å²) in [7, 11) is 0. The molecule has 4 atom stereocenters. The number of rotatable bonds is 10. The fourth-order valence-corrected chi connectivity index (χ4v) is 4.05. The molecule has 3 heteroatoms. The Kier molecular flexibility index (Phi) is 6.57. The lowest BCUT2D eigenvalue weighted by Crippen LogP contribution is -2.40. The van der Waals surface area contributed by atoms with Crippen LogP contribution in [0, 0.1) is 11.8 Å². The van der Waals surface area contributed by atoms with Gasteiger partial charge in [0.15, 0.2) is 0 Å². The molecule has 2 aromatic carbocycles. The molecular weight excluding hydrogens is 336 g/mol. The Hall–Kier alpha value is -1.68. The number of hydrogen-bond donors (Lipinski definition) is 0. The molecule has 4 rings (SSSR count). The van der Waals surface area contributed by atoms with E-state index in [2.05, 4.69) is 60.7 Å². The maximum atomic E-state index is 6.26. The fraction of sp³-hybridized carbons (Fsp3) is 0.500. The van der Waals surface area contributed by atoms with Crippen LogP contribution in [0.25, 0.3) is 0 Å². The Balaban J connectivity index is 1.31. The smallest absolute Gasteiger partial charge is 0.0650 e. The minimum Gasteiger partial charge on any atom is -0.381 e. The summed E-state index contributed by atoms with van der Waals surface area (Å²) in [4.78, 5) is 0. The van der Waals surface area contributed by atoms with Gasteiger partial charge in [0.05, 0.1) is 25.4 Å². The van der Waals surface area contributed by atoms with E-state index in [4.69, 9.17) is 14.2 Å². The minimum absolute atomic E-state index is 0.345. The molecule has 0 radical (unpaired) electrons. The van der Waals surface area contributed by atoms with E-state index in [0.29, 0.717) is 24.0 Å². The van der Waals surface area contributed by atoms with Crippen molar-refractivity contribution in [2.45, 2.75) is 37.9 Å². The summed E-state index contributed by atoms with van der Waals surface area (Å²) in [5, 5.41) is 0. The molecule has 0 amide bonds. The van der Waals surface area contributed by atoms with Gasteiger partial charge in [-0.3, -0.25) is 0 Å². The maximum Gasteiger partial charge on any atom is 0.0650 e. The second-order valence-electron chi connectivity index (χ2n) is 7.83. The van der Waals surface area contributed by atoms with E-state index in [0.717, 1.165) is 52.1 Å². The summed E-state index contributed by atoms with van der Waals surface area (Å²) in [5.74, 6) is 0.863. The first-order valence-corrected chi connectivity index (χ1v) is 10.3. The zero-order valence-corrected chi connectivity index (χ0v) is 16.0. The third kappa shape index (κ3) is 5.19. The highest BCUT2D eigenvalue weighted by Gasteiger charge is 2.31. The third-order valence-corrected chi connectivity index (χ3v) is 5.87. The average Bonchev–Trinajstić information content (AvgIpc) is 2.60. The lowest BCUT2D eigenvalue weighted by molar-refractivity contribution is -0.122. The first-order valence-electron chi connectivity index (χ1n) is 10.3. The van der Waals surface area contributed by atoms with Gasteiger partial charge in [0.25, 0.3) is 0 Å². The highest BCUT2D eigenvalue weighted by atomic mass is 16.5. The Morgan fingerprint density at radius 3 is 1.44 bits per heavy atom. The summed E-state index contributed by atoms with van der Waals surface area (Å²) < 4.78 is 17.8. The van der Waals surface area contributed by atoms with Crippen LogP contribution in [0.5, 0.6) is 0 Å². The van der Waals surface area contributed by atoms with Crippen LogP contribution in [-0.4, -0.2) is 38.6 Å². The lowest BCUT2D eigenvalue weighted by atomic mass is 9.89. The Morgan fingerprint density at radius 2 is 1.11 bits per heavy atom. The van der Waals surface area contributed by atoms with Crippen LogP contribution in [0.15, 0.2) is 60.7 Å². The van der Waals surface area contributed by atoms with Crippen molar-refractivity contribution in [1.29, 1.82) is 0 Å². The molecule has 2 aliphatic rings. The molecule has 4 unspecified atom stereocenters. The normalized spacial score (nSPS) is 23.9. The predicted molar refractivity (Wildman–Crippen MR) is 107 cm³/mol. The second-order valence-corrected chi connectivity index (χ2v) is 7.83. The Labute approximate surface area is 162 Å². The Bertz CT molecular complexity index is 605. The standard InChI is InChI=1S/C24H30O3/c1-3-7-19(8-4-1)15-21(23-11-13-26-23)17-25-18-22(24-12-14-27-24)16-20-9-5-2-6-10-20/h1-10,21-24H,11-18H2. The molecule has 0 N–H and O–H groups in total. The van der Waals surface area contributed by atoms with Crippen molar-refractivity contribution in [2.24, 2.45) is 11.8 Å². The summed E-state index contributed by atoms with van der Waals surface area (Å²) in [6.45, 7) is 3.31. The SMILES string of the molecule is c1ccc(CC(COCC(Cc2ccccc2)C2CCO2)C2CCO2)cc1. The van der Waals surface area contributed by atoms with Crippen molar-refractivity contribution in [2.75, 3.05) is 26.4 Å². The molecule has 144 valence electrons. The highest BCUT2D eigenvalue weighted by Crippen LogP contribution is 2.27. The highest BCUT2D eigenvalue weighted by molar-refractivity contribution is 5.16. The molecule has 2 aromatic rings. The minimum atomic E-state index is 0.345. The van der Waals surface area contributed by atoms with Gasteiger partial charge in [0, 0.05) is 25.0 Å². The molecule has 2 heterocycles. The van der Waals surface area contributed by atoms with Crippen LogP contribution < -0.4 is 0 Å². The van der Waals surface area contributed by atoms with Gasteiger partial charge in [-0.1, -0.05) is 60.7 Å². The van der Waals surface area contributed by atoms with Gasteiger partial charge in [-0.05, 0) is 36.8 Å². The molecule has 0 saturated carbocycles. The van der Waals surface area contributed by atoms with Crippen molar-refractivity contribution < 1.29 is 14.2 Å². The van der Waals surface area contributed by atoms with E-state index in [1.54, 1.807) is 0 Å². The topological polar surface area (TPSA) is 27.7 Å². The summed E-state index contributed by atoms with van der Waals surface area (Å²) in [6.07, 6.45) is 5.04. The van der Waals surface area contributed by atoms with Gasteiger partial charge in [-0.2, -0.15) is 0 Å². The van der Waals surface area contributed by atoms with E-state index >= 15 is 0 Å². The van der Waals surface area contributed by atoms with E-state index in [1.807, 2.05) is 0 Å². The van der Waals surface area contributed by atoms with Crippen molar-refractivity contribution >= 4 is 0 Å². The van der Waals surface area contributed by atoms with Crippen LogP contribution in [0.4, 0.5) is 0 Å². The number of hydrogen-bond acceptors (Lipinski definition) is 3. The van der Waals surface area contributed by atoms with Crippen molar-refractivity contribution in [3.63, 3.8) is 0 Å². The number of ether oxygens (including phenoxy) is 3. The van der Waals surface area contributed by atoms with E-state index in [9.17, 15) is 0 Å². The van der Waals surface area contributed by atoms with Gasteiger partial charge in [0.2, 0.25) is 0 Å². The predicted octanol–water partition coefficient (Wildman–Crippen LogP) is 4.30. The second kappa shape index (κ2) is 9.50. The first kappa shape index (κ1) is 18.7. The summed E-state index contributed by atoms with van der Waals surface area (Å²) in [5.41, 5.74) is 2.73. The van der Waals surface area contributed by atoms with Crippen LogP contribution in [0.1, 0.15) is 24.0 Å².